The summed E-state index contributed by atoms with van der Waals surface area (Å²) in [5, 5.41) is 16.5. The van der Waals surface area contributed by atoms with E-state index in [1.165, 1.54) is 0 Å². The maximum Gasteiger partial charge on any atom is 0.174 e. The van der Waals surface area contributed by atoms with E-state index in [0.717, 1.165) is 0 Å². The molecule has 0 radical (unpaired) electrons. The number of nitrogens with zero attached hydrogens (tertiary/aromatic N) is 1. The van der Waals surface area contributed by atoms with Crippen LogP contribution in [-0.4, -0.2) is 28.5 Å². The summed E-state index contributed by atoms with van der Waals surface area (Å²) in [7, 11) is 0. The smallest absolute Gasteiger partial charge is 0.174 e. The Morgan fingerprint density at radius 2 is 2.12 bits per heavy atom. The van der Waals surface area contributed by atoms with Gasteiger partial charge in [-0.2, -0.15) is 5.10 Å². The number of aromatic nitrogens is 2. The molecular formula is C11H11N3O3. The van der Waals surface area contributed by atoms with Crippen LogP contribution in [0.4, 0.5) is 5.82 Å². The molecule has 0 saturated heterocycles. The fraction of sp³-hybridized carbons (Fsp3) is 0.182. The monoisotopic (exact) mass is 233 g/mol. The fourth-order valence-electron chi connectivity index (χ4n) is 1.83. The maximum atomic E-state index is 9.91. The van der Waals surface area contributed by atoms with Crippen LogP contribution in [0.5, 0.6) is 17.2 Å². The molecule has 0 unspecified atom stereocenters. The molecule has 1 aliphatic heterocycles. The van der Waals surface area contributed by atoms with Gasteiger partial charge in [-0.1, -0.05) is 0 Å². The van der Waals surface area contributed by atoms with E-state index < -0.39 is 0 Å². The normalized spacial score (nSPS) is 13.6. The van der Waals surface area contributed by atoms with Crippen molar-refractivity contribution >= 4 is 5.82 Å². The Bertz CT molecular complexity index is 565. The third-order valence-corrected chi connectivity index (χ3v) is 2.55. The molecule has 0 saturated carbocycles. The van der Waals surface area contributed by atoms with Crippen LogP contribution in [0.3, 0.4) is 0 Å². The minimum absolute atomic E-state index is 0.0953. The topological polar surface area (TPSA) is 93.4 Å². The van der Waals surface area contributed by atoms with Gasteiger partial charge in [0.05, 0.1) is 11.3 Å². The number of ether oxygens (including phenoxy) is 2. The molecule has 1 aromatic heterocycles. The van der Waals surface area contributed by atoms with Gasteiger partial charge in [-0.15, -0.1) is 0 Å². The lowest BCUT2D eigenvalue weighted by Gasteiger charge is -2.21. The molecule has 0 fully saturated rings. The Morgan fingerprint density at radius 1 is 1.29 bits per heavy atom. The number of nitrogen functional groups attached to an aromatic ring is 1. The highest BCUT2D eigenvalue weighted by atomic mass is 16.6. The van der Waals surface area contributed by atoms with Crippen molar-refractivity contribution in [3.05, 3.63) is 18.2 Å². The summed E-state index contributed by atoms with van der Waals surface area (Å²) in [4.78, 5) is 0. The summed E-state index contributed by atoms with van der Waals surface area (Å²) < 4.78 is 11.0. The van der Waals surface area contributed by atoms with Crippen LogP contribution in [0.2, 0.25) is 0 Å². The number of nitrogens with two attached hydrogens (primary N) is 1. The first-order chi connectivity index (χ1) is 8.25. The van der Waals surface area contributed by atoms with Crippen molar-refractivity contribution in [3.63, 3.8) is 0 Å². The van der Waals surface area contributed by atoms with Gasteiger partial charge in [0.25, 0.3) is 0 Å². The molecule has 2 aromatic rings. The van der Waals surface area contributed by atoms with Gasteiger partial charge in [-0.25, -0.2) is 0 Å². The summed E-state index contributed by atoms with van der Waals surface area (Å²) in [5.74, 6) is 1.57. The minimum atomic E-state index is 0.0953. The van der Waals surface area contributed by atoms with Crippen molar-refractivity contribution < 1.29 is 14.6 Å². The van der Waals surface area contributed by atoms with Gasteiger partial charge in [0, 0.05) is 6.07 Å². The quantitative estimate of drug-likeness (QED) is 0.686. The molecule has 0 amide bonds. The highest BCUT2D eigenvalue weighted by Gasteiger charge is 2.21. The SMILES string of the molecule is Nc1cc(-c2c(O)ccc3c2OCCO3)[nH]n1. The van der Waals surface area contributed by atoms with E-state index in [2.05, 4.69) is 10.2 Å². The maximum absolute atomic E-state index is 9.91. The second-order valence-corrected chi connectivity index (χ2v) is 3.69. The number of phenols is 1. The van der Waals surface area contributed by atoms with E-state index in [0.29, 0.717) is 41.8 Å². The lowest BCUT2D eigenvalue weighted by Crippen LogP contribution is -2.15. The second kappa shape index (κ2) is 3.58. The summed E-state index contributed by atoms with van der Waals surface area (Å²) in [5.41, 5.74) is 6.67. The first-order valence-corrected chi connectivity index (χ1v) is 5.18. The molecule has 6 heteroatoms. The van der Waals surface area contributed by atoms with Crippen molar-refractivity contribution in [2.24, 2.45) is 0 Å². The van der Waals surface area contributed by atoms with E-state index in [-0.39, 0.29) is 5.75 Å². The summed E-state index contributed by atoms with van der Waals surface area (Å²) >= 11 is 0. The molecule has 4 N–H and O–H groups in total. The lowest BCUT2D eigenvalue weighted by molar-refractivity contribution is 0.172. The number of anilines is 1. The largest absolute Gasteiger partial charge is 0.507 e. The number of hydrogen-bond donors (Lipinski definition) is 3. The zero-order valence-corrected chi connectivity index (χ0v) is 8.93. The Morgan fingerprint density at radius 3 is 2.88 bits per heavy atom. The molecule has 0 bridgehead atoms. The van der Waals surface area contributed by atoms with Gasteiger partial charge in [0.2, 0.25) is 0 Å². The number of nitrogens with one attached hydrogen (secondary N) is 1. The molecule has 17 heavy (non-hydrogen) atoms. The molecule has 0 aliphatic carbocycles. The molecule has 3 rings (SSSR count). The highest BCUT2D eigenvalue weighted by Crippen LogP contribution is 2.44. The number of aromatic hydroxyl groups is 1. The van der Waals surface area contributed by atoms with Crippen LogP contribution in [0.15, 0.2) is 18.2 Å². The molecule has 2 heterocycles. The predicted octanol–water partition coefficient (Wildman–Crippen LogP) is 1.14. The highest BCUT2D eigenvalue weighted by molar-refractivity contribution is 5.78. The van der Waals surface area contributed by atoms with E-state index in [4.69, 9.17) is 15.2 Å². The third kappa shape index (κ3) is 1.54. The number of phenolic OH excluding ortho intramolecular Hbond substituents is 1. The first-order valence-electron chi connectivity index (χ1n) is 5.18. The van der Waals surface area contributed by atoms with Gasteiger partial charge in [0.15, 0.2) is 11.5 Å². The number of H-pyrrole nitrogens is 1. The number of benzene rings is 1. The second-order valence-electron chi connectivity index (χ2n) is 3.69. The van der Waals surface area contributed by atoms with Gasteiger partial charge in [0.1, 0.15) is 24.8 Å². The van der Waals surface area contributed by atoms with E-state index in [1.807, 2.05) is 0 Å². The Labute approximate surface area is 97.0 Å². The number of rotatable bonds is 1. The van der Waals surface area contributed by atoms with Gasteiger partial charge < -0.3 is 20.3 Å². The van der Waals surface area contributed by atoms with Crippen molar-refractivity contribution in [1.82, 2.24) is 10.2 Å². The van der Waals surface area contributed by atoms with Gasteiger partial charge in [-0.3, -0.25) is 5.10 Å². The zero-order valence-electron chi connectivity index (χ0n) is 8.93. The standard InChI is InChI=1S/C11H11N3O3/c12-9-5-6(13-14-9)10-7(15)1-2-8-11(10)17-4-3-16-8/h1-2,5,15H,3-4H2,(H3,12,13,14). The fourth-order valence-corrected chi connectivity index (χ4v) is 1.83. The van der Waals surface area contributed by atoms with Crippen LogP contribution in [0.25, 0.3) is 11.3 Å². The average molecular weight is 233 g/mol. The number of aromatic amines is 1. The predicted molar refractivity (Wildman–Crippen MR) is 61.1 cm³/mol. The molecular weight excluding hydrogens is 222 g/mol. The van der Waals surface area contributed by atoms with Crippen molar-refractivity contribution in [2.75, 3.05) is 18.9 Å². The minimum Gasteiger partial charge on any atom is -0.507 e. The molecule has 1 aromatic carbocycles. The molecule has 1 aliphatic rings. The van der Waals surface area contributed by atoms with Crippen LogP contribution < -0.4 is 15.2 Å². The van der Waals surface area contributed by atoms with E-state index >= 15 is 0 Å². The summed E-state index contributed by atoms with van der Waals surface area (Å²) in [6.07, 6.45) is 0. The van der Waals surface area contributed by atoms with Crippen LogP contribution >= 0.6 is 0 Å². The Balaban J connectivity index is 2.20. The van der Waals surface area contributed by atoms with Crippen molar-refractivity contribution in [1.29, 1.82) is 0 Å². The summed E-state index contributed by atoms with van der Waals surface area (Å²) in [6.45, 7) is 0.954. The van der Waals surface area contributed by atoms with Crippen LogP contribution in [0.1, 0.15) is 0 Å². The third-order valence-electron chi connectivity index (χ3n) is 2.55. The van der Waals surface area contributed by atoms with Gasteiger partial charge in [-0.05, 0) is 12.1 Å². The molecule has 0 atom stereocenters. The van der Waals surface area contributed by atoms with Crippen LogP contribution in [-0.2, 0) is 0 Å². The summed E-state index contributed by atoms with van der Waals surface area (Å²) in [6, 6.07) is 4.86. The first kappa shape index (κ1) is 9.83. The molecule has 88 valence electrons. The van der Waals surface area contributed by atoms with Gasteiger partial charge >= 0.3 is 0 Å². The van der Waals surface area contributed by atoms with Crippen molar-refractivity contribution in [2.45, 2.75) is 0 Å². The Kier molecular flexibility index (Phi) is 2.07. The van der Waals surface area contributed by atoms with Crippen LogP contribution in [0, 0.1) is 0 Å². The number of fused-ring (bicyclic) bond motifs is 1. The average Bonchev–Trinajstić information content (AvgIpc) is 2.75. The number of hydrogen-bond acceptors (Lipinski definition) is 5. The zero-order chi connectivity index (χ0) is 11.8. The Hall–Kier alpha value is -2.37. The molecule has 0 spiro atoms. The van der Waals surface area contributed by atoms with E-state index in [9.17, 15) is 5.11 Å². The van der Waals surface area contributed by atoms with Crippen molar-refractivity contribution in [3.8, 4) is 28.5 Å². The molecule has 6 nitrogen and oxygen atoms in total. The van der Waals surface area contributed by atoms with E-state index in [1.54, 1.807) is 18.2 Å². The lowest BCUT2D eigenvalue weighted by atomic mass is 10.1.